The summed E-state index contributed by atoms with van der Waals surface area (Å²) in [6.07, 6.45) is 5.44. The third kappa shape index (κ3) is 12.3. The van der Waals surface area contributed by atoms with Crippen molar-refractivity contribution in [3.05, 3.63) is 71.8 Å². The van der Waals surface area contributed by atoms with Crippen LogP contribution in [-0.2, 0) is 47.6 Å². The predicted octanol–water partition coefficient (Wildman–Crippen LogP) is 6.65. The number of aliphatic hydroxyl groups is 2. The highest BCUT2D eigenvalue weighted by Gasteiger charge is 2.55. The molecule has 3 fully saturated rings. The summed E-state index contributed by atoms with van der Waals surface area (Å²) >= 11 is 0. The Morgan fingerprint density at radius 3 is 2.31 bits per heavy atom. The molecule has 1 aromatic rings. The first-order valence-corrected chi connectivity index (χ1v) is 23.4. The Hall–Kier alpha value is -4.05. The van der Waals surface area contributed by atoms with E-state index in [9.17, 15) is 34.2 Å². The van der Waals surface area contributed by atoms with Gasteiger partial charge in [0.2, 0.25) is 5.79 Å². The number of esters is 2. The van der Waals surface area contributed by atoms with E-state index < -0.39 is 89.5 Å². The highest BCUT2D eigenvalue weighted by molar-refractivity contribution is 6.39. The number of methoxy groups -OCH3 is 3. The van der Waals surface area contributed by atoms with Crippen molar-refractivity contribution in [3.63, 3.8) is 0 Å². The molecule has 13 unspecified atom stereocenters. The summed E-state index contributed by atoms with van der Waals surface area (Å²) in [5, 5.41) is 24.1. The Morgan fingerprint density at radius 1 is 0.938 bits per heavy atom. The summed E-state index contributed by atoms with van der Waals surface area (Å²) in [6.45, 7) is 13.0. The predicted molar refractivity (Wildman–Crippen MR) is 242 cm³/mol. The van der Waals surface area contributed by atoms with Crippen molar-refractivity contribution < 1.29 is 62.6 Å². The van der Waals surface area contributed by atoms with Crippen LogP contribution in [0.3, 0.4) is 0 Å². The highest BCUT2D eigenvalue weighted by Crippen LogP contribution is 2.39. The fraction of sp³-hybridized carbons (Fsp3) is 0.667. The van der Waals surface area contributed by atoms with E-state index in [-0.39, 0.29) is 43.4 Å². The van der Waals surface area contributed by atoms with E-state index in [0.717, 1.165) is 5.57 Å². The van der Waals surface area contributed by atoms with Crippen LogP contribution in [0.25, 0.3) is 0 Å². The third-order valence-corrected chi connectivity index (χ3v) is 14.3. The molecule has 1 amide bonds. The molecule has 3 heterocycles. The second kappa shape index (κ2) is 23.1. The van der Waals surface area contributed by atoms with Crippen molar-refractivity contribution in [2.45, 2.75) is 166 Å². The van der Waals surface area contributed by atoms with E-state index in [2.05, 4.69) is 13.5 Å². The number of aliphatic hydroxyl groups excluding tert-OH is 1. The van der Waals surface area contributed by atoms with Gasteiger partial charge in [-0.2, -0.15) is 0 Å². The van der Waals surface area contributed by atoms with Gasteiger partial charge in [-0.25, -0.2) is 9.59 Å². The van der Waals surface area contributed by atoms with Crippen LogP contribution < -0.4 is 0 Å². The Kier molecular flexibility index (Phi) is 18.5. The summed E-state index contributed by atoms with van der Waals surface area (Å²) in [7, 11) is 4.50. The molecule has 2 saturated heterocycles. The summed E-state index contributed by atoms with van der Waals surface area (Å²) in [4.78, 5) is 71.6. The van der Waals surface area contributed by atoms with Crippen molar-refractivity contribution >= 4 is 29.4 Å². The Bertz CT molecular complexity index is 1900. The number of hydrogen-bond acceptors (Lipinski definition) is 13. The maximum Gasteiger partial charge on any atom is 0.338 e. The minimum Gasteiger partial charge on any atom is -0.456 e. The monoisotopic (exact) mass is 908 g/mol. The van der Waals surface area contributed by atoms with E-state index in [0.29, 0.717) is 68.9 Å². The number of carbonyl (C=O) groups is 5. The van der Waals surface area contributed by atoms with E-state index in [4.69, 9.17) is 28.4 Å². The number of nitrogens with zero attached hydrogens (tertiary/aromatic N) is 1. The molecule has 3 aliphatic heterocycles. The molecule has 0 aromatic heterocycles. The third-order valence-electron chi connectivity index (χ3n) is 14.3. The molecular weight excluding hydrogens is 835 g/mol. The normalized spacial score (nSPS) is 37.2. The number of rotatable bonds is 9. The van der Waals surface area contributed by atoms with Crippen LogP contribution in [0.1, 0.15) is 122 Å². The van der Waals surface area contributed by atoms with Gasteiger partial charge in [0, 0.05) is 46.1 Å². The van der Waals surface area contributed by atoms with Gasteiger partial charge in [0.15, 0.2) is 6.10 Å². The van der Waals surface area contributed by atoms with Crippen molar-refractivity contribution in [2.75, 3.05) is 27.9 Å². The first kappa shape index (κ1) is 51.9. The maximum atomic E-state index is 14.6. The lowest BCUT2D eigenvalue weighted by Gasteiger charge is -2.45. The van der Waals surface area contributed by atoms with Crippen LogP contribution in [-0.4, -0.2) is 126 Å². The zero-order valence-electron chi connectivity index (χ0n) is 39.7. The van der Waals surface area contributed by atoms with Crippen molar-refractivity contribution in [1.82, 2.24) is 4.90 Å². The standard InChI is InChI=1S/C51H73NO13/c1-10-16-37-26-32(3)25-31(2)20-22-41-42(60-7)28-34(5)51(59,65-41)45(55)47(56)52-24-15-14-19-38(52)49(58)64-46(50(6,62-9)44(54)30-39(37)53)33(4)27-35-21-23-40(43(29-35)61-8)63-48(57)36-17-12-11-13-18-36/h10-13,17-18,26-27,31,34-35,37-38,40-44,46,54,59H,1,14-16,19-25,28-30H2,2-9H3/b32-26+,33-27?. The lowest BCUT2D eigenvalue weighted by molar-refractivity contribution is -0.287. The van der Waals surface area contributed by atoms with Crippen molar-refractivity contribution in [3.8, 4) is 0 Å². The smallest absolute Gasteiger partial charge is 0.338 e. The van der Waals surface area contributed by atoms with Crippen LogP contribution in [0.5, 0.6) is 0 Å². The summed E-state index contributed by atoms with van der Waals surface area (Å²) < 4.78 is 36.2. The number of carbonyl (C=O) groups excluding carboxylic acids is 5. The molecular formula is C51H73NO13. The van der Waals surface area contributed by atoms with E-state index in [1.54, 1.807) is 65.3 Å². The number of cyclic esters (lactones) is 1. The largest absolute Gasteiger partial charge is 0.456 e. The first-order chi connectivity index (χ1) is 30.9. The number of ether oxygens (including phenoxy) is 6. The maximum absolute atomic E-state index is 14.6. The summed E-state index contributed by atoms with van der Waals surface area (Å²) in [5.41, 5.74) is 0.229. The number of piperidine rings is 1. The van der Waals surface area contributed by atoms with Crippen LogP contribution in [0.4, 0.5) is 0 Å². The average Bonchev–Trinajstić information content (AvgIpc) is 3.30. The van der Waals surface area contributed by atoms with E-state index in [1.807, 2.05) is 25.1 Å². The zero-order chi connectivity index (χ0) is 47.6. The Labute approximate surface area is 385 Å². The van der Waals surface area contributed by atoms with Gasteiger partial charge in [0.25, 0.3) is 11.7 Å². The lowest BCUT2D eigenvalue weighted by Crippen LogP contribution is -2.63. The molecule has 0 spiro atoms. The van der Waals surface area contributed by atoms with Gasteiger partial charge in [-0.1, -0.05) is 55.8 Å². The molecule has 2 N–H and O–H groups in total. The fourth-order valence-electron chi connectivity index (χ4n) is 10.3. The molecule has 1 aliphatic carbocycles. The summed E-state index contributed by atoms with van der Waals surface area (Å²) in [5.74, 6) is -7.62. The fourth-order valence-corrected chi connectivity index (χ4v) is 10.3. The number of amides is 1. The number of ketones is 2. The topological polar surface area (TPSA) is 184 Å². The minimum atomic E-state index is -2.46. The van der Waals surface area contributed by atoms with Crippen LogP contribution in [0, 0.1) is 23.7 Å². The van der Waals surface area contributed by atoms with Gasteiger partial charge >= 0.3 is 11.9 Å². The van der Waals surface area contributed by atoms with Crippen LogP contribution in [0.15, 0.2) is 66.3 Å². The molecule has 14 nitrogen and oxygen atoms in total. The molecule has 1 aromatic carbocycles. The SMILES string of the molecule is C=CCC1/C=C(\C)CC(C)CCC2OC(O)(C(=O)C(=O)N3CCCCC3C(=O)OC(C(C)=CC3CCC(OC(=O)c4ccccc4)C(OC)C3)C(C)(OC)C(O)CC1=O)C(C)CC2OC. The quantitative estimate of drug-likeness (QED) is 0.153. The van der Waals surface area contributed by atoms with Crippen LogP contribution in [0.2, 0.25) is 0 Å². The second-order valence-electron chi connectivity index (χ2n) is 19.1. The van der Waals surface area contributed by atoms with Gasteiger partial charge in [-0.3, -0.25) is 14.4 Å². The van der Waals surface area contributed by atoms with E-state index >= 15 is 0 Å². The first-order valence-electron chi connectivity index (χ1n) is 23.4. The molecule has 2 bridgehead atoms. The Balaban J connectivity index is 1.52. The highest BCUT2D eigenvalue weighted by atomic mass is 16.7. The van der Waals surface area contributed by atoms with Gasteiger partial charge in [-0.15, -0.1) is 6.58 Å². The Morgan fingerprint density at radius 2 is 1.65 bits per heavy atom. The molecule has 5 rings (SSSR count). The van der Waals surface area contributed by atoms with E-state index in [1.165, 1.54) is 12.0 Å². The molecule has 360 valence electrons. The van der Waals surface area contributed by atoms with Gasteiger partial charge in [0.1, 0.15) is 23.5 Å². The average molecular weight is 908 g/mol. The number of Topliss-reactive ketones (excluding diaryl/α,β-unsaturated/α-hetero) is 2. The van der Waals surface area contributed by atoms with Gasteiger partial charge in [-0.05, 0) is 121 Å². The number of fused-ring (bicyclic) bond motifs is 3. The number of benzene rings is 1. The zero-order valence-corrected chi connectivity index (χ0v) is 39.7. The van der Waals surface area contributed by atoms with Gasteiger partial charge < -0.3 is 43.5 Å². The van der Waals surface area contributed by atoms with Crippen molar-refractivity contribution in [1.29, 1.82) is 0 Å². The molecule has 14 heteroatoms. The number of hydrogen-bond donors (Lipinski definition) is 2. The molecule has 13 atom stereocenters. The lowest BCUT2D eigenvalue weighted by atomic mass is 9.79. The molecule has 4 aliphatic rings. The second-order valence-corrected chi connectivity index (χ2v) is 19.1. The minimum absolute atomic E-state index is 0.0577. The molecule has 65 heavy (non-hydrogen) atoms. The summed E-state index contributed by atoms with van der Waals surface area (Å²) in [6, 6.07) is 7.53. The molecule has 1 saturated carbocycles. The molecule has 0 radical (unpaired) electrons. The van der Waals surface area contributed by atoms with Crippen molar-refractivity contribution in [2.24, 2.45) is 23.7 Å². The number of allylic oxidation sites excluding steroid dienone is 4. The van der Waals surface area contributed by atoms with Crippen LogP contribution >= 0.6 is 0 Å². The van der Waals surface area contributed by atoms with Gasteiger partial charge in [0.05, 0.1) is 30.0 Å².